The second-order valence-corrected chi connectivity index (χ2v) is 11.4. The van der Waals surface area contributed by atoms with E-state index < -0.39 is 5.91 Å². The zero-order valence-corrected chi connectivity index (χ0v) is 21.3. The predicted molar refractivity (Wildman–Crippen MR) is 129 cm³/mol. The quantitative estimate of drug-likeness (QED) is 0.277. The van der Waals surface area contributed by atoms with Crippen molar-refractivity contribution in [3.05, 3.63) is 81.8 Å². The van der Waals surface area contributed by atoms with Crippen LogP contribution >= 0.6 is 0 Å². The molecule has 0 saturated heterocycles. The number of hydrogen-bond acceptors (Lipinski definition) is 3. The molecule has 5 nitrogen and oxygen atoms in total. The second-order valence-electron chi connectivity index (χ2n) is 8.29. The van der Waals surface area contributed by atoms with Gasteiger partial charge in [0.15, 0.2) is 0 Å². The van der Waals surface area contributed by atoms with E-state index in [0.29, 0.717) is 4.73 Å². The number of fused-ring (bicyclic) bond motifs is 2. The maximum absolute atomic E-state index is 12.6. The molecule has 0 fully saturated rings. The summed E-state index contributed by atoms with van der Waals surface area (Å²) in [5.41, 5.74) is 4.91. The fourth-order valence-electron chi connectivity index (χ4n) is 4.29. The molecule has 159 valence electrons. The number of para-hydroxylation sites is 2. The molecule has 7 heteroatoms. The number of nitrogens with zero attached hydrogens (tertiary/aromatic N) is 3. The van der Waals surface area contributed by atoms with E-state index in [2.05, 4.69) is 94.3 Å². The third kappa shape index (κ3) is 3.25. The van der Waals surface area contributed by atoms with Gasteiger partial charge in [0.25, 0.3) is 0 Å². The summed E-state index contributed by atoms with van der Waals surface area (Å²) >= 11 is 2.59. The Hall–Kier alpha value is -2.69. The Balaban J connectivity index is 1.61. The zero-order valence-electron chi connectivity index (χ0n) is 17.8. The molecule has 3 aromatic rings. The first-order valence-electron chi connectivity index (χ1n) is 10.2. The van der Waals surface area contributed by atoms with Gasteiger partial charge >= 0.3 is 202 Å². The first-order chi connectivity index (χ1) is 15.3. The van der Waals surface area contributed by atoms with Crippen LogP contribution in [0.15, 0.2) is 71.2 Å². The Morgan fingerprint density at radius 3 is 2.16 bits per heavy atom. The average molecular weight is 552 g/mol. The van der Waals surface area contributed by atoms with Gasteiger partial charge in [0.05, 0.1) is 0 Å². The Bertz CT molecular complexity index is 1290. The van der Waals surface area contributed by atoms with Crippen molar-refractivity contribution in [2.75, 3.05) is 11.9 Å². The summed E-state index contributed by atoms with van der Waals surface area (Å²) in [6.07, 6.45) is 1.70. The summed E-state index contributed by atoms with van der Waals surface area (Å²) < 4.78 is 2.43. The normalized spacial score (nSPS) is 18.5. The van der Waals surface area contributed by atoms with Crippen LogP contribution in [0.25, 0.3) is 6.08 Å². The Morgan fingerprint density at radius 2 is 1.53 bits per heavy atom. The van der Waals surface area contributed by atoms with Crippen molar-refractivity contribution in [3.63, 3.8) is 0 Å². The van der Waals surface area contributed by atoms with Crippen molar-refractivity contribution in [2.24, 2.45) is 4.99 Å². The molecule has 0 aliphatic carbocycles. The molecule has 0 saturated carbocycles. The summed E-state index contributed by atoms with van der Waals surface area (Å²) in [6.45, 7) is 4.53. The van der Waals surface area contributed by atoms with Crippen LogP contribution in [-0.4, -0.2) is 59.0 Å². The van der Waals surface area contributed by atoms with Crippen molar-refractivity contribution in [3.8, 4) is 0 Å². The molecule has 2 aromatic carbocycles. The maximum atomic E-state index is 12.6. The first-order valence-corrected chi connectivity index (χ1v) is 12.7. The van der Waals surface area contributed by atoms with E-state index in [1.807, 2.05) is 6.07 Å². The molecule has 2 aliphatic rings. The monoisotopic (exact) mass is 554 g/mol. The standard InChI is InChI=1S/C25H20N3O2Se2/c1-25(2)17-8-4-6-10-19(17)28(20-11-7-5-9-18(20)25)21-13-12-15(32-21)14-16-22(29)26-24(31)27(3)23(16)30/h4-14H,1-3H3/b16-14+. The molecule has 1 aromatic heterocycles. The number of rotatable bonds is 2. The fraction of sp³-hybridized carbons (Fsp3) is 0.160. The third-order valence-electron chi connectivity index (χ3n) is 6.01. The molecule has 1 radical (unpaired) electrons. The van der Waals surface area contributed by atoms with Gasteiger partial charge in [0.1, 0.15) is 0 Å². The van der Waals surface area contributed by atoms with E-state index >= 15 is 0 Å². The number of amides is 2. The Kier molecular flexibility index (Phi) is 5.10. The number of carbonyl (C=O) groups excluding carboxylic acids is 2. The molecule has 0 bridgehead atoms. The number of amidine groups is 1. The van der Waals surface area contributed by atoms with Gasteiger partial charge in [0, 0.05) is 0 Å². The second kappa shape index (κ2) is 7.72. The molecule has 32 heavy (non-hydrogen) atoms. The van der Waals surface area contributed by atoms with Crippen LogP contribution in [0, 0.1) is 0 Å². The van der Waals surface area contributed by atoms with Gasteiger partial charge in [-0.1, -0.05) is 0 Å². The topological polar surface area (TPSA) is 53.0 Å². The van der Waals surface area contributed by atoms with Crippen LogP contribution in [0.4, 0.5) is 15.9 Å². The van der Waals surface area contributed by atoms with Crippen molar-refractivity contribution < 1.29 is 9.59 Å². The van der Waals surface area contributed by atoms with Gasteiger partial charge in [-0.05, 0) is 0 Å². The van der Waals surface area contributed by atoms with Gasteiger partial charge in [0.2, 0.25) is 0 Å². The minimum absolute atomic E-state index is 0.0732. The molecule has 0 N–H and O–H groups in total. The zero-order chi connectivity index (χ0) is 22.6. The molecule has 5 rings (SSSR count). The average Bonchev–Trinajstić information content (AvgIpc) is 3.24. The van der Waals surface area contributed by atoms with E-state index in [-0.39, 0.29) is 31.4 Å². The number of benzene rings is 2. The van der Waals surface area contributed by atoms with Gasteiger partial charge in [-0.15, -0.1) is 0 Å². The number of carbonyl (C=O) groups is 2. The molecule has 0 atom stereocenters. The molecule has 3 heterocycles. The molecule has 0 unspecified atom stereocenters. The van der Waals surface area contributed by atoms with E-state index in [1.54, 1.807) is 13.1 Å². The van der Waals surface area contributed by atoms with Crippen LogP contribution < -0.4 is 4.90 Å². The van der Waals surface area contributed by atoms with Crippen molar-refractivity contribution >= 4 is 69.1 Å². The van der Waals surface area contributed by atoms with Gasteiger partial charge < -0.3 is 0 Å². The van der Waals surface area contributed by atoms with E-state index in [0.717, 1.165) is 9.00 Å². The number of aliphatic imine (C=N–C) groups is 1. The summed E-state index contributed by atoms with van der Waals surface area (Å²) in [5, 5.41) is 0. The molecule has 2 aliphatic heterocycles. The summed E-state index contributed by atoms with van der Waals surface area (Å²) in [7, 11) is 1.61. The van der Waals surface area contributed by atoms with Gasteiger partial charge in [-0.2, -0.15) is 0 Å². The van der Waals surface area contributed by atoms with E-state index in [4.69, 9.17) is 0 Å². The van der Waals surface area contributed by atoms with Crippen LogP contribution in [0.1, 0.15) is 29.4 Å². The molecular weight excluding hydrogens is 532 g/mol. The van der Waals surface area contributed by atoms with E-state index in [9.17, 15) is 9.59 Å². The van der Waals surface area contributed by atoms with Crippen LogP contribution in [-0.2, 0) is 15.0 Å². The minimum atomic E-state index is -0.498. The summed E-state index contributed by atoms with van der Waals surface area (Å²) in [5.74, 6) is -0.832. The van der Waals surface area contributed by atoms with Crippen LogP contribution in [0.3, 0.4) is 0 Å². The number of hydrogen-bond donors (Lipinski definition) is 0. The molecule has 0 spiro atoms. The van der Waals surface area contributed by atoms with Crippen LogP contribution in [0.5, 0.6) is 0 Å². The van der Waals surface area contributed by atoms with Gasteiger partial charge in [-0.25, -0.2) is 0 Å². The van der Waals surface area contributed by atoms with Gasteiger partial charge in [-0.3, -0.25) is 0 Å². The van der Waals surface area contributed by atoms with Crippen LogP contribution in [0.2, 0.25) is 0 Å². The van der Waals surface area contributed by atoms with Crippen molar-refractivity contribution in [1.82, 2.24) is 4.90 Å². The number of anilines is 3. The van der Waals surface area contributed by atoms with Crippen molar-refractivity contribution in [1.29, 1.82) is 0 Å². The molecule has 2 amide bonds. The Labute approximate surface area is 201 Å². The first kappa shape index (κ1) is 21.2. The molecular formula is C25H20N3O2Se2. The SMILES string of the molecule is CN1C(=O)/C(=C/c2ccc(N3c4ccccc4C(C)(C)c4ccccc43)[se]2)C(=O)N=C1[Se]. The summed E-state index contributed by atoms with van der Waals surface area (Å²) in [6, 6.07) is 21.1. The van der Waals surface area contributed by atoms with Crippen molar-refractivity contribution in [2.45, 2.75) is 19.3 Å². The Morgan fingerprint density at radius 1 is 0.938 bits per heavy atom. The predicted octanol–water partition coefficient (Wildman–Crippen LogP) is 3.76. The number of likely N-dealkylation sites (N-methyl/N-ethyl adjacent to an activating group) is 1. The fourth-order valence-corrected chi connectivity index (χ4v) is 6.69. The van der Waals surface area contributed by atoms with E-state index in [1.165, 1.54) is 27.4 Å². The third-order valence-corrected chi connectivity index (χ3v) is 8.91. The summed E-state index contributed by atoms with van der Waals surface area (Å²) in [4.78, 5) is 32.6.